The van der Waals surface area contributed by atoms with Crippen molar-refractivity contribution in [1.82, 2.24) is 4.98 Å². The number of anilines is 2. The lowest BCUT2D eigenvalue weighted by atomic mass is 10.1. The monoisotopic (exact) mass is 477 g/mol. The van der Waals surface area contributed by atoms with Crippen molar-refractivity contribution >= 4 is 23.8 Å². The minimum atomic E-state index is -0.761. The van der Waals surface area contributed by atoms with Gasteiger partial charge < -0.3 is 31.0 Å². The standard InChI is InChI=1S/C26H31N5O4/c1-17(2)29-25-22(14-28)24(31-26(33)35-15-18-7-4-3-5-8-18)12-23(30-25)19-9-6-10-21(11-19)34-16-20(32)13-27/h3-12,14,17,20,28,32H,13,15-16,27H2,1-2H3,(H2,29,30,31,33). The molecule has 2 aromatic carbocycles. The number of nitrogens with zero attached hydrogens (tertiary/aromatic N) is 1. The van der Waals surface area contributed by atoms with E-state index in [2.05, 4.69) is 15.6 Å². The lowest BCUT2D eigenvalue weighted by Crippen LogP contribution is -2.26. The number of carbonyl (C=O) groups excluding carboxylic acids is 1. The van der Waals surface area contributed by atoms with E-state index in [4.69, 9.17) is 20.6 Å². The summed E-state index contributed by atoms with van der Waals surface area (Å²) < 4.78 is 11.0. The topological polar surface area (TPSA) is 143 Å². The average molecular weight is 478 g/mol. The zero-order valence-electron chi connectivity index (χ0n) is 19.8. The van der Waals surface area contributed by atoms with Crippen molar-refractivity contribution in [2.45, 2.75) is 32.6 Å². The van der Waals surface area contributed by atoms with Gasteiger partial charge in [0.1, 0.15) is 30.9 Å². The number of benzene rings is 2. The van der Waals surface area contributed by atoms with Gasteiger partial charge in [-0.15, -0.1) is 0 Å². The van der Waals surface area contributed by atoms with Crippen molar-refractivity contribution in [2.75, 3.05) is 23.8 Å². The molecule has 0 aliphatic carbocycles. The van der Waals surface area contributed by atoms with Crippen LogP contribution in [0.4, 0.5) is 16.3 Å². The molecule has 0 saturated heterocycles. The maximum atomic E-state index is 12.6. The van der Waals surface area contributed by atoms with Crippen LogP contribution in [0.15, 0.2) is 60.7 Å². The molecule has 1 atom stereocenters. The van der Waals surface area contributed by atoms with E-state index in [1.54, 1.807) is 18.2 Å². The van der Waals surface area contributed by atoms with Crippen molar-refractivity contribution in [1.29, 1.82) is 5.41 Å². The van der Waals surface area contributed by atoms with Crippen molar-refractivity contribution in [2.24, 2.45) is 5.73 Å². The largest absolute Gasteiger partial charge is 0.491 e. The molecule has 1 heterocycles. The van der Waals surface area contributed by atoms with E-state index < -0.39 is 12.2 Å². The van der Waals surface area contributed by atoms with E-state index in [0.29, 0.717) is 28.5 Å². The number of amides is 1. The van der Waals surface area contributed by atoms with Gasteiger partial charge in [-0.05, 0) is 37.6 Å². The molecule has 3 aromatic rings. The van der Waals surface area contributed by atoms with Gasteiger partial charge in [0.15, 0.2) is 0 Å². The second-order valence-corrected chi connectivity index (χ2v) is 8.18. The Bertz CT molecular complexity index is 1140. The van der Waals surface area contributed by atoms with E-state index in [-0.39, 0.29) is 25.8 Å². The minimum Gasteiger partial charge on any atom is -0.491 e. The van der Waals surface area contributed by atoms with Crippen LogP contribution in [0.2, 0.25) is 0 Å². The molecule has 35 heavy (non-hydrogen) atoms. The first-order valence-corrected chi connectivity index (χ1v) is 11.3. The molecule has 3 rings (SSSR count). The number of aromatic nitrogens is 1. The summed E-state index contributed by atoms with van der Waals surface area (Å²) in [5, 5.41) is 23.6. The van der Waals surface area contributed by atoms with Gasteiger partial charge in [-0.2, -0.15) is 0 Å². The molecule has 1 aromatic heterocycles. The van der Waals surface area contributed by atoms with Crippen LogP contribution in [0.3, 0.4) is 0 Å². The van der Waals surface area contributed by atoms with Crippen LogP contribution in [0, 0.1) is 5.41 Å². The second kappa shape index (κ2) is 12.5. The smallest absolute Gasteiger partial charge is 0.411 e. The van der Waals surface area contributed by atoms with Gasteiger partial charge in [0.2, 0.25) is 0 Å². The summed E-state index contributed by atoms with van der Waals surface area (Å²) in [6.07, 6.45) is -0.261. The van der Waals surface area contributed by atoms with Gasteiger partial charge in [0, 0.05) is 24.4 Å². The third kappa shape index (κ3) is 7.53. The second-order valence-electron chi connectivity index (χ2n) is 8.18. The van der Waals surface area contributed by atoms with Crippen LogP contribution in [-0.2, 0) is 11.3 Å². The highest BCUT2D eigenvalue weighted by molar-refractivity contribution is 5.99. The fraction of sp³-hybridized carbons (Fsp3) is 0.269. The first kappa shape index (κ1) is 25.7. The Kier molecular flexibility index (Phi) is 9.16. The Morgan fingerprint density at radius 1 is 1.17 bits per heavy atom. The Morgan fingerprint density at radius 3 is 2.63 bits per heavy atom. The summed E-state index contributed by atoms with van der Waals surface area (Å²) in [5.74, 6) is 0.999. The van der Waals surface area contributed by atoms with Gasteiger partial charge in [-0.1, -0.05) is 42.5 Å². The van der Waals surface area contributed by atoms with E-state index >= 15 is 0 Å². The van der Waals surface area contributed by atoms with Crippen LogP contribution in [0.1, 0.15) is 25.0 Å². The average Bonchev–Trinajstić information content (AvgIpc) is 2.86. The van der Waals surface area contributed by atoms with Crippen molar-refractivity contribution in [3.8, 4) is 17.0 Å². The van der Waals surface area contributed by atoms with Crippen LogP contribution in [-0.4, -0.2) is 47.7 Å². The van der Waals surface area contributed by atoms with Gasteiger partial charge in [-0.25, -0.2) is 9.78 Å². The first-order valence-electron chi connectivity index (χ1n) is 11.3. The predicted molar refractivity (Wildman–Crippen MR) is 137 cm³/mol. The zero-order valence-corrected chi connectivity index (χ0v) is 19.8. The summed E-state index contributed by atoms with van der Waals surface area (Å²) in [7, 11) is 0. The van der Waals surface area contributed by atoms with Crippen LogP contribution >= 0.6 is 0 Å². The van der Waals surface area contributed by atoms with Gasteiger partial charge in [0.25, 0.3) is 0 Å². The summed E-state index contributed by atoms with van der Waals surface area (Å²) >= 11 is 0. The van der Waals surface area contributed by atoms with Crippen molar-refractivity contribution in [3.63, 3.8) is 0 Å². The van der Waals surface area contributed by atoms with E-state index in [1.807, 2.05) is 56.3 Å². The summed E-state index contributed by atoms with van der Waals surface area (Å²) in [5.41, 5.74) is 8.41. The number of rotatable bonds is 11. The third-order valence-electron chi connectivity index (χ3n) is 4.92. The molecule has 1 amide bonds. The number of aliphatic hydroxyl groups is 1. The molecular weight excluding hydrogens is 446 g/mol. The zero-order chi connectivity index (χ0) is 25.2. The van der Waals surface area contributed by atoms with E-state index in [9.17, 15) is 9.90 Å². The lowest BCUT2D eigenvalue weighted by Gasteiger charge is -2.18. The summed E-state index contributed by atoms with van der Waals surface area (Å²) in [6, 6.07) is 18.3. The normalized spacial score (nSPS) is 11.6. The molecule has 0 bridgehead atoms. The number of hydrogen-bond acceptors (Lipinski definition) is 8. The molecule has 0 aliphatic rings. The van der Waals surface area contributed by atoms with Crippen molar-refractivity contribution < 1.29 is 19.4 Å². The molecule has 0 saturated carbocycles. The number of hydrogen-bond donors (Lipinski definition) is 5. The highest BCUT2D eigenvalue weighted by Gasteiger charge is 2.16. The fourth-order valence-electron chi connectivity index (χ4n) is 3.21. The fourth-order valence-corrected chi connectivity index (χ4v) is 3.21. The van der Waals surface area contributed by atoms with E-state index in [0.717, 1.165) is 17.3 Å². The number of nitrogens with one attached hydrogen (secondary N) is 3. The molecule has 1 unspecified atom stereocenters. The Balaban J connectivity index is 1.89. The Morgan fingerprint density at radius 2 is 1.94 bits per heavy atom. The Hall–Kier alpha value is -3.95. The van der Waals surface area contributed by atoms with Gasteiger partial charge in [0.05, 0.1) is 16.9 Å². The quantitative estimate of drug-likeness (QED) is 0.263. The predicted octanol–water partition coefficient (Wildman–Crippen LogP) is 4.01. The molecule has 184 valence electrons. The summed E-state index contributed by atoms with van der Waals surface area (Å²) in [4.78, 5) is 17.3. The highest BCUT2D eigenvalue weighted by Crippen LogP contribution is 2.30. The number of aliphatic hydroxyl groups excluding tert-OH is 1. The maximum absolute atomic E-state index is 12.6. The first-order chi connectivity index (χ1) is 16.9. The lowest BCUT2D eigenvalue weighted by molar-refractivity contribution is 0.114. The molecule has 9 nitrogen and oxygen atoms in total. The van der Waals surface area contributed by atoms with Crippen molar-refractivity contribution in [3.05, 3.63) is 71.8 Å². The van der Waals surface area contributed by atoms with Crippen LogP contribution in [0.25, 0.3) is 11.3 Å². The SMILES string of the molecule is CC(C)Nc1nc(-c2cccc(OCC(O)CN)c2)cc(NC(=O)OCc2ccccc2)c1C=N. The summed E-state index contributed by atoms with van der Waals surface area (Å²) in [6.45, 7) is 4.21. The molecule has 0 spiro atoms. The molecule has 9 heteroatoms. The Labute approximate surface area is 204 Å². The number of carbonyl (C=O) groups is 1. The molecule has 6 N–H and O–H groups in total. The number of ether oxygens (including phenoxy) is 2. The number of pyridine rings is 1. The van der Waals surface area contributed by atoms with E-state index in [1.165, 1.54) is 0 Å². The van der Waals surface area contributed by atoms with Gasteiger partial charge >= 0.3 is 6.09 Å². The molecule has 0 aliphatic heterocycles. The van der Waals surface area contributed by atoms with Gasteiger partial charge in [-0.3, -0.25) is 5.32 Å². The maximum Gasteiger partial charge on any atom is 0.411 e. The molecule has 0 radical (unpaired) electrons. The molecule has 0 fully saturated rings. The van der Waals surface area contributed by atoms with Crippen LogP contribution < -0.4 is 21.1 Å². The van der Waals surface area contributed by atoms with Crippen LogP contribution in [0.5, 0.6) is 5.75 Å². The number of nitrogens with two attached hydrogens (primary N) is 1. The molecular formula is C26H31N5O4. The highest BCUT2D eigenvalue weighted by atomic mass is 16.5. The minimum absolute atomic E-state index is 0.0433. The third-order valence-corrected chi connectivity index (χ3v) is 4.92.